The molecule has 6 heteroatoms. The van der Waals surface area contributed by atoms with Crippen LogP contribution in [0.5, 0.6) is 0 Å². The highest BCUT2D eigenvalue weighted by Gasteiger charge is 2.17. The maximum absolute atomic E-state index is 12.5. The summed E-state index contributed by atoms with van der Waals surface area (Å²) in [5.74, 6) is -1.62. The van der Waals surface area contributed by atoms with E-state index >= 15 is 0 Å². The van der Waals surface area contributed by atoms with Crippen molar-refractivity contribution in [3.8, 4) is 0 Å². The molecular formula is C15H8ClNO4. The molecule has 0 fully saturated rings. The Morgan fingerprint density at radius 1 is 1.05 bits per heavy atom. The average Bonchev–Trinajstić information content (AvgIpc) is 2.47. The highest BCUT2D eigenvalue weighted by atomic mass is 35.5. The summed E-state index contributed by atoms with van der Waals surface area (Å²) >= 11 is 5.89. The normalized spacial score (nSPS) is 10.7. The van der Waals surface area contributed by atoms with Crippen molar-refractivity contribution < 1.29 is 9.21 Å². The Labute approximate surface area is 123 Å². The molecule has 0 spiro atoms. The van der Waals surface area contributed by atoms with Gasteiger partial charge >= 0.3 is 11.4 Å². The van der Waals surface area contributed by atoms with Crippen molar-refractivity contribution in [2.24, 2.45) is 0 Å². The van der Waals surface area contributed by atoms with Gasteiger partial charge in [-0.25, -0.2) is 14.2 Å². The first-order chi connectivity index (χ1) is 10.1. The smallest absolute Gasteiger partial charge is 0.372 e. The fourth-order valence-corrected chi connectivity index (χ4v) is 2.21. The molecule has 1 aromatic heterocycles. The van der Waals surface area contributed by atoms with Gasteiger partial charge < -0.3 is 4.42 Å². The summed E-state index contributed by atoms with van der Waals surface area (Å²) in [6, 6.07) is 12.5. The molecule has 0 bridgehead atoms. The first-order valence-corrected chi connectivity index (χ1v) is 6.41. The molecule has 5 nitrogen and oxygen atoms in total. The van der Waals surface area contributed by atoms with Gasteiger partial charge in [0.2, 0.25) is 0 Å². The third kappa shape index (κ3) is 2.28. The standard InChI is InChI=1S/C15H8ClNO4/c16-10-6-7-11-12(8-10)17(15(20)21-14(11)19)13(18)9-4-2-1-3-5-9/h1-8H. The van der Waals surface area contributed by atoms with Crippen LogP contribution in [0.1, 0.15) is 10.4 Å². The predicted molar refractivity (Wildman–Crippen MR) is 77.9 cm³/mol. The van der Waals surface area contributed by atoms with Gasteiger partial charge in [-0.15, -0.1) is 0 Å². The van der Waals surface area contributed by atoms with E-state index in [-0.39, 0.29) is 10.9 Å². The van der Waals surface area contributed by atoms with Crippen molar-refractivity contribution in [2.45, 2.75) is 0 Å². The number of nitrogens with zero attached hydrogens (tertiary/aromatic N) is 1. The molecular weight excluding hydrogens is 294 g/mol. The molecule has 21 heavy (non-hydrogen) atoms. The lowest BCUT2D eigenvalue weighted by atomic mass is 10.2. The highest BCUT2D eigenvalue weighted by molar-refractivity contribution is 6.31. The molecule has 0 atom stereocenters. The van der Waals surface area contributed by atoms with Gasteiger partial charge in [-0.1, -0.05) is 29.8 Å². The molecule has 3 rings (SSSR count). The van der Waals surface area contributed by atoms with Gasteiger partial charge in [0.05, 0.1) is 10.9 Å². The van der Waals surface area contributed by atoms with Crippen LogP contribution in [0.4, 0.5) is 0 Å². The van der Waals surface area contributed by atoms with Gasteiger partial charge in [0, 0.05) is 10.6 Å². The van der Waals surface area contributed by atoms with Crippen LogP contribution < -0.4 is 11.4 Å². The molecule has 0 saturated carbocycles. The summed E-state index contributed by atoms with van der Waals surface area (Å²) in [5, 5.41) is 0.422. The molecule has 104 valence electrons. The first-order valence-electron chi connectivity index (χ1n) is 6.03. The molecule has 3 aromatic rings. The second-order valence-electron chi connectivity index (χ2n) is 4.32. The SMILES string of the molecule is O=C(c1ccccc1)n1c(=O)oc(=O)c2ccc(Cl)cc21. The summed E-state index contributed by atoms with van der Waals surface area (Å²) < 4.78 is 5.40. The quantitative estimate of drug-likeness (QED) is 0.691. The number of rotatable bonds is 1. The van der Waals surface area contributed by atoms with Crippen molar-refractivity contribution in [3.63, 3.8) is 0 Å². The van der Waals surface area contributed by atoms with E-state index in [2.05, 4.69) is 4.42 Å². The van der Waals surface area contributed by atoms with E-state index in [1.54, 1.807) is 30.3 Å². The molecule has 0 unspecified atom stereocenters. The molecule has 1 heterocycles. The summed E-state index contributed by atoms with van der Waals surface area (Å²) in [5.41, 5.74) is -0.379. The minimum absolute atomic E-state index is 0.114. The number of carbonyl (C=O) groups is 1. The van der Waals surface area contributed by atoms with Crippen LogP contribution in [0.15, 0.2) is 62.5 Å². The van der Waals surface area contributed by atoms with Crippen LogP contribution in [0.3, 0.4) is 0 Å². The van der Waals surface area contributed by atoms with Crippen molar-refractivity contribution in [3.05, 3.63) is 80.1 Å². The second kappa shape index (κ2) is 5.03. The van der Waals surface area contributed by atoms with Crippen LogP contribution in [0.2, 0.25) is 5.02 Å². The van der Waals surface area contributed by atoms with E-state index in [0.717, 1.165) is 4.57 Å². The molecule has 0 aliphatic heterocycles. The van der Waals surface area contributed by atoms with E-state index in [1.165, 1.54) is 18.2 Å². The van der Waals surface area contributed by atoms with E-state index in [1.807, 2.05) is 0 Å². The Bertz CT molecular complexity index is 957. The van der Waals surface area contributed by atoms with Crippen LogP contribution in [0, 0.1) is 0 Å². The lowest BCUT2D eigenvalue weighted by Gasteiger charge is -2.07. The zero-order chi connectivity index (χ0) is 15.0. The summed E-state index contributed by atoms with van der Waals surface area (Å²) in [6.45, 7) is 0. The Morgan fingerprint density at radius 2 is 1.76 bits per heavy atom. The summed E-state index contributed by atoms with van der Waals surface area (Å²) in [4.78, 5) is 36.1. The number of halogens is 1. The third-order valence-electron chi connectivity index (χ3n) is 3.01. The second-order valence-corrected chi connectivity index (χ2v) is 4.76. The van der Waals surface area contributed by atoms with Crippen molar-refractivity contribution >= 4 is 28.4 Å². The van der Waals surface area contributed by atoms with E-state index in [9.17, 15) is 14.4 Å². The fourth-order valence-electron chi connectivity index (χ4n) is 2.04. The Hall–Kier alpha value is -2.66. The average molecular weight is 302 g/mol. The van der Waals surface area contributed by atoms with Crippen LogP contribution in [-0.4, -0.2) is 10.5 Å². The third-order valence-corrected chi connectivity index (χ3v) is 3.24. The zero-order valence-electron chi connectivity index (χ0n) is 10.6. The Balaban J connectivity index is 2.37. The lowest BCUT2D eigenvalue weighted by molar-refractivity contribution is 0.0951. The maximum atomic E-state index is 12.5. The minimum atomic E-state index is -1.04. The number of benzene rings is 2. The molecule has 0 aliphatic carbocycles. The van der Waals surface area contributed by atoms with Gasteiger partial charge in [0.15, 0.2) is 0 Å². The summed E-state index contributed by atoms with van der Waals surface area (Å²) in [7, 11) is 0. The molecule has 0 amide bonds. The lowest BCUT2D eigenvalue weighted by Crippen LogP contribution is -2.30. The van der Waals surface area contributed by atoms with Gasteiger partial charge in [0.1, 0.15) is 0 Å². The van der Waals surface area contributed by atoms with Gasteiger partial charge in [-0.2, -0.15) is 0 Å². The first kappa shape index (κ1) is 13.3. The molecule has 2 aromatic carbocycles. The number of hydrogen-bond acceptors (Lipinski definition) is 4. The molecule has 0 saturated heterocycles. The van der Waals surface area contributed by atoms with Crippen molar-refractivity contribution in [1.29, 1.82) is 0 Å². The monoisotopic (exact) mass is 301 g/mol. The number of fused-ring (bicyclic) bond motifs is 1. The number of hydrogen-bond donors (Lipinski definition) is 0. The fraction of sp³-hybridized carbons (Fsp3) is 0. The number of aromatic nitrogens is 1. The van der Waals surface area contributed by atoms with E-state index in [4.69, 9.17) is 11.6 Å². The van der Waals surface area contributed by atoms with Gasteiger partial charge in [0.25, 0.3) is 5.91 Å². The Morgan fingerprint density at radius 3 is 2.48 bits per heavy atom. The van der Waals surface area contributed by atoms with Gasteiger partial charge in [-0.05, 0) is 30.3 Å². The van der Waals surface area contributed by atoms with E-state index < -0.39 is 17.3 Å². The highest BCUT2D eigenvalue weighted by Crippen LogP contribution is 2.16. The molecule has 0 radical (unpaired) electrons. The van der Waals surface area contributed by atoms with Crippen molar-refractivity contribution in [1.82, 2.24) is 4.57 Å². The van der Waals surface area contributed by atoms with Crippen LogP contribution >= 0.6 is 11.6 Å². The summed E-state index contributed by atoms with van der Waals surface area (Å²) in [6.07, 6.45) is 0. The van der Waals surface area contributed by atoms with E-state index in [0.29, 0.717) is 10.6 Å². The maximum Gasteiger partial charge on any atom is 0.429 e. The van der Waals surface area contributed by atoms with Gasteiger partial charge in [-0.3, -0.25) is 4.79 Å². The Kier molecular flexibility index (Phi) is 3.19. The largest absolute Gasteiger partial charge is 0.429 e. The van der Waals surface area contributed by atoms with Crippen LogP contribution in [-0.2, 0) is 0 Å². The minimum Gasteiger partial charge on any atom is -0.372 e. The predicted octanol–water partition coefficient (Wildman–Crippen LogP) is 2.30. The number of carbonyl (C=O) groups excluding carboxylic acids is 1. The molecule has 0 aliphatic rings. The topological polar surface area (TPSA) is 69.3 Å². The zero-order valence-corrected chi connectivity index (χ0v) is 11.3. The molecule has 0 N–H and O–H groups in total. The van der Waals surface area contributed by atoms with Crippen LogP contribution in [0.25, 0.3) is 10.9 Å². The van der Waals surface area contributed by atoms with Crippen molar-refractivity contribution in [2.75, 3.05) is 0 Å².